The van der Waals surface area contributed by atoms with E-state index in [1.165, 1.54) is 18.5 Å². The van der Waals surface area contributed by atoms with Gasteiger partial charge < -0.3 is 29.4 Å². The molecule has 2 aliphatic heterocycles. The lowest BCUT2D eigenvalue weighted by Crippen LogP contribution is -2.48. The average Bonchev–Trinajstić information content (AvgIpc) is 3.40. The predicted octanol–water partition coefficient (Wildman–Crippen LogP) is 4.87. The fraction of sp³-hybridized carbons (Fsp3) is 0.444. The fourth-order valence-electron chi connectivity index (χ4n) is 8.23. The second kappa shape index (κ2) is 10.6. The molecule has 4 aromatic heterocycles. The first-order valence-electron chi connectivity index (χ1n) is 16.7. The van der Waals surface area contributed by atoms with E-state index in [1.807, 2.05) is 42.4 Å². The third kappa shape index (κ3) is 4.48. The highest BCUT2D eigenvalue weighted by Gasteiger charge is 2.47. The first kappa shape index (κ1) is 27.8. The minimum atomic E-state index is 0.0216. The molecular weight excluding hydrogens is 576 g/mol. The normalized spacial score (nSPS) is 22.7. The minimum absolute atomic E-state index is 0.0216. The van der Waals surface area contributed by atoms with Gasteiger partial charge in [-0.25, -0.2) is 9.97 Å². The van der Waals surface area contributed by atoms with Crippen molar-refractivity contribution in [2.45, 2.75) is 57.8 Å². The molecule has 4 fully saturated rings. The van der Waals surface area contributed by atoms with E-state index < -0.39 is 0 Å². The number of likely N-dealkylation sites (tertiary alicyclic amines) is 1. The zero-order valence-electron chi connectivity index (χ0n) is 26.5. The smallest absolute Gasteiger partial charge is 0.254 e. The predicted molar refractivity (Wildman–Crippen MR) is 178 cm³/mol. The summed E-state index contributed by atoms with van der Waals surface area (Å²) in [6.07, 6.45) is 8.34. The number of nitrogens with two attached hydrogens (primary N) is 1. The summed E-state index contributed by atoms with van der Waals surface area (Å²) in [5.74, 6) is 3.09. The third-order valence-corrected chi connectivity index (χ3v) is 10.9. The van der Waals surface area contributed by atoms with Crippen LogP contribution in [0.25, 0.3) is 33.6 Å². The number of methoxy groups -OCH3 is 1. The van der Waals surface area contributed by atoms with Crippen molar-refractivity contribution in [3.63, 3.8) is 0 Å². The maximum atomic E-state index is 13.9. The molecule has 2 saturated carbocycles. The maximum absolute atomic E-state index is 13.9. The van der Waals surface area contributed by atoms with E-state index >= 15 is 0 Å². The second-order valence-electron chi connectivity index (χ2n) is 14.0. The van der Waals surface area contributed by atoms with Gasteiger partial charge in [0.05, 0.1) is 18.3 Å². The number of aryl methyl sites for hydroxylation is 1. The summed E-state index contributed by atoms with van der Waals surface area (Å²) in [5.41, 5.74) is 13.1. The zero-order valence-corrected chi connectivity index (χ0v) is 26.5. The van der Waals surface area contributed by atoms with Gasteiger partial charge in [-0.1, -0.05) is 0 Å². The van der Waals surface area contributed by atoms with Crippen LogP contribution in [0.15, 0.2) is 54.9 Å². The van der Waals surface area contributed by atoms with Crippen LogP contribution in [0.2, 0.25) is 0 Å². The van der Waals surface area contributed by atoms with Crippen molar-refractivity contribution in [3.8, 4) is 17.3 Å². The molecule has 4 aliphatic rings. The van der Waals surface area contributed by atoms with E-state index in [2.05, 4.69) is 43.3 Å². The fourth-order valence-corrected chi connectivity index (χ4v) is 8.23. The van der Waals surface area contributed by atoms with Crippen molar-refractivity contribution in [3.05, 3.63) is 66.1 Å². The number of pyridine rings is 2. The molecule has 0 unspecified atom stereocenters. The highest BCUT2D eigenvalue weighted by atomic mass is 16.5. The molecule has 2 bridgehead atoms. The van der Waals surface area contributed by atoms with E-state index in [4.69, 9.17) is 20.4 Å². The van der Waals surface area contributed by atoms with Crippen molar-refractivity contribution in [2.24, 2.45) is 23.5 Å². The number of hydrogen-bond acceptors (Lipinski definition) is 7. The lowest BCUT2D eigenvalue weighted by molar-refractivity contribution is 0.0700. The van der Waals surface area contributed by atoms with Gasteiger partial charge >= 0.3 is 0 Å². The Hall–Kier alpha value is -4.44. The highest BCUT2D eigenvalue weighted by Crippen LogP contribution is 2.41. The van der Waals surface area contributed by atoms with Gasteiger partial charge in [-0.15, -0.1) is 0 Å². The lowest BCUT2D eigenvalue weighted by Gasteiger charge is -2.41. The molecule has 0 radical (unpaired) electrons. The summed E-state index contributed by atoms with van der Waals surface area (Å²) in [7, 11) is 1.69. The largest absolute Gasteiger partial charge is 0.494 e. The Bertz CT molecular complexity index is 1990. The Morgan fingerprint density at radius 1 is 0.957 bits per heavy atom. The number of imidazole rings is 1. The Balaban J connectivity index is 1.14. The summed E-state index contributed by atoms with van der Waals surface area (Å²) in [4.78, 5) is 32.8. The van der Waals surface area contributed by atoms with E-state index in [0.717, 1.165) is 84.8 Å². The molecule has 10 nitrogen and oxygen atoms in total. The monoisotopic (exact) mass is 616 g/mol. The molecule has 2 aliphatic carbocycles. The van der Waals surface area contributed by atoms with Crippen molar-refractivity contribution in [1.82, 2.24) is 29.0 Å². The number of fused-ring (bicyclic) bond motifs is 4. The summed E-state index contributed by atoms with van der Waals surface area (Å²) < 4.78 is 10.8. The van der Waals surface area contributed by atoms with E-state index in [1.54, 1.807) is 7.11 Å². The van der Waals surface area contributed by atoms with E-state index in [-0.39, 0.29) is 18.0 Å². The lowest BCUT2D eigenvalue weighted by atomic mass is 9.98. The summed E-state index contributed by atoms with van der Waals surface area (Å²) in [6.45, 7) is 6.38. The number of anilines is 1. The molecule has 10 heteroatoms. The van der Waals surface area contributed by atoms with Crippen LogP contribution < -0.4 is 15.4 Å². The van der Waals surface area contributed by atoms with Crippen LogP contribution in [0, 0.1) is 24.7 Å². The molecule has 1 amide bonds. The minimum Gasteiger partial charge on any atom is -0.494 e. The quantitative estimate of drug-likeness (QED) is 0.265. The van der Waals surface area contributed by atoms with Gasteiger partial charge in [0.25, 0.3) is 5.91 Å². The number of carbonyl (C=O) groups excluding carboxylic acids is 1. The number of benzene rings is 1. The molecule has 236 valence electrons. The second-order valence-corrected chi connectivity index (χ2v) is 14.0. The SMILES string of the molecule is COc1cc(C(=O)N2C[C@H]3CC[C@@H]2[C@@H]3N)cc2nc(-c3cc4cccnc4n3CC3CC3)n(CC3CN(c4ccnc(C)c4)C3)c12. The molecule has 5 aromatic rings. The Labute approximate surface area is 268 Å². The van der Waals surface area contributed by atoms with Gasteiger partial charge in [-0.2, -0.15) is 0 Å². The first-order chi connectivity index (χ1) is 22.4. The van der Waals surface area contributed by atoms with Crippen molar-refractivity contribution in [2.75, 3.05) is 31.6 Å². The van der Waals surface area contributed by atoms with Gasteiger partial charge in [0.1, 0.15) is 16.9 Å². The summed E-state index contributed by atoms with van der Waals surface area (Å²) in [5, 5.41) is 1.11. The van der Waals surface area contributed by atoms with Gasteiger partial charge in [-0.05, 0) is 86.9 Å². The van der Waals surface area contributed by atoms with E-state index in [0.29, 0.717) is 29.1 Å². The van der Waals surface area contributed by atoms with Crippen LogP contribution in [0.5, 0.6) is 5.75 Å². The van der Waals surface area contributed by atoms with Crippen LogP contribution in [0.1, 0.15) is 41.7 Å². The maximum Gasteiger partial charge on any atom is 0.254 e. The van der Waals surface area contributed by atoms with Crippen molar-refractivity contribution in [1.29, 1.82) is 0 Å². The third-order valence-electron chi connectivity index (χ3n) is 10.9. The number of hydrogen-bond donors (Lipinski definition) is 1. The van der Waals surface area contributed by atoms with Crippen LogP contribution in [-0.2, 0) is 13.1 Å². The van der Waals surface area contributed by atoms with Crippen molar-refractivity contribution < 1.29 is 9.53 Å². The van der Waals surface area contributed by atoms with Crippen molar-refractivity contribution >= 4 is 33.7 Å². The first-order valence-corrected chi connectivity index (χ1v) is 16.7. The summed E-state index contributed by atoms with van der Waals surface area (Å²) >= 11 is 0. The number of ether oxygens (including phenoxy) is 1. The van der Waals surface area contributed by atoms with Crippen LogP contribution in [0.4, 0.5) is 5.69 Å². The number of amides is 1. The molecule has 3 atom stereocenters. The Kier molecular flexibility index (Phi) is 6.39. The standard InChI is InChI=1S/C36H40N8O2/c1-21-12-27(9-11-38-21)41-16-23(17-41)19-44-33-28(13-26(15-31(33)46-2)36(45)43-20-25-7-8-29(43)32(25)37)40-35(44)30-14-24-4-3-10-39-34(24)42(30)18-22-5-6-22/h3-4,9-15,22-23,25,29,32H,5-8,16-20,37H2,1-2H3/t25-,29-,32-/m1/s1. The van der Waals surface area contributed by atoms with Crippen LogP contribution in [0.3, 0.4) is 0 Å². The molecule has 2 saturated heterocycles. The van der Waals surface area contributed by atoms with Gasteiger partial charge in [-0.3, -0.25) is 9.78 Å². The van der Waals surface area contributed by atoms with Crippen LogP contribution in [-0.4, -0.2) is 73.7 Å². The van der Waals surface area contributed by atoms with Gasteiger partial charge in [0, 0.05) is 85.5 Å². The molecule has 2 N–H and O–H groups in total. The molecule has 6 heterocycles. The number of aromatic nitrogens is 5. The van der Waals surface area contributed by atoms with E-state index in [9.17, 15) is 4.79 Å². The number of carbonyl (C=O) groups is 1. The molecule has 9 rings (SSSR count). The molecule has 0 spiro atoms. The number of rotatable bonds is 8. The molecular formula is C36H40N8O2. The Morgan fingerprint density at radius 3 is 2.54 bits per heavy atom. The average molecular weight is 617 g/mol. The number of nitrogens with zero attached hydrogens (tertiary/aromatic N) is 7. The molecule has 46 heavy (non-hydrogen) atoms. The Morgan fingerprint density at radius 2 is 1.80 bits per heavy atom. The van der Waals surface area contributed by atoms with Crippen LogP contribution >= 0.6 is 0 Å². The zero-order chi connectivity index (χ0) is 31.1. The van der Waals surface area contributed by atoms with Gasteiger partial charge in [0.15, 0.2) is 5.82 Å². The molecule has 1 aromatic carbocycles. The van der Waals surface area contributed by atoms with Gasteiger partial charge in [0.2, 0.25) is 0 Å². The highest BCUT2D eigenvalue weighted by molar-refractivity contribution is 6.00. The topological polar surface area (TPSA) is 107 Å². The number of piperidine rings is 1. The summed E-state index contributed by atoms with van der Waals surface area (Å²) in [6, 6.07) is 14.7.